The first-order valence-electron chi connectivity index (χ1n) is 8.39. The van der Waals surface area contributed by atoms with E-state index in [4.69, 9.17) is 0 Å². The molecule has 3 heterocycles. The zero-order chi connectivity index (χ0) is 17.4. The number of carbonyl (C=O) groups excluding carboxylic acids is 2. The van der Waals surface area contributed by atoms with Crippen LogP contribution in [0.2, 0.25) is 0 Å². The van der Waals surface area contributed by atoms with Crippen LogP contribution in [0.1, 0.15) is 12.8 Å². The van der Waals surface area contributed by atoms with Crippen LogP contribution in [0.5, 0.6) is 0 Å². The molecule has 2 aliphatic rings. The van der Waals surface area contributed by atoms with Crippen LogP contribution in [-0.2, 0) is 4.79 Å². The van der Waals surface area contributed by atoms with Gasteiger partial charge >= 0.3 is 6.03 Å². The molecule has 0 N–H and O–H groups in total. The molecule has 1 atom stereocenters. The van der Waals surface area contributed by atoms with Gasteiger partial charge in [0.05, 0.1) is 6.20 Å². The van der Waals surface area contributed by atoms with Crippen molar-refractivity contribution in [1.29, 1.82) is 0 Å². The van der Waals surface area contributed by atoms with E-state index in [1.165, 1.54) is 4.90 Å². The highest BCUT2D eigenvalue weighted by molar-refractivity contribution is 6.02. The zero-order valence-electron chi connectivity index (χ0n) is 14.0. The van der Waals surface area contributed by atoms with Gasteiger partial charge in [-0.3, -0.25) is 4.79 Å². The molecule has 0 bridgehead atoms. The first kappa shape index (κ1) is 15.6. The van der Waals surface area contributed by atoms with E-state index in [1.807, 2.05) is 30.3 Å². The van der Waals surface area contributed by atoms with Gasteiger partial charge in [0.1, 0.15) is 5.69 Å². The fourth-order valence-electron chi connectivity index (χ4n) is 3.38. The van der Waals surface area contributed by atoms with Crippen LogP contribution >= 0.6 is 0 Å². The maximum absolute atomic E-state index is 13.0. The third-order valence-corrected chi connectivity index (χ3v) is 4.76. The van der Waals surface area contributed by atoms with E-state index >= 15 is 0 Å². The molecular weight excluding hydrogens is 318 g/mol. The second kappa shape index (κ2) is 6.16. The molecule has 7 nitrogen and oxygen atoms in total. The van der Waals surface area contributed by atoms with Crippen molar-refractivity contribution in [3.8, 4) is 11.4 Å². The molecule has 2 amide bonds. The third kappa shape index (κ3) is 2.52. The molecular formula is C18H19N5O2. The molecule has 128 valence electrons. The normalized spacial score (nSPS) is 19.2. The summed E-state index contributed by atoms with van der Waals surface area (Å²) in [5.74, 6) is 1.03. The highest BCUT2D eigenvalue weighted by Crippen LogP contribution is 2.38. The van der Waals surface area contributed by atoms with Gasteiger partial charge in [-0.1, -0.05) is 30.3 Å². The van der Waals surface area contributed by atoms with Crippen molar-refractivity contribution in [3.63, 3.8) is 0 Å². The van der Waals surface area contributed by atoms with Crippen molar-refractivity contribution in [2.75, 3.05) is 29.9 Å². The van der Waals surface area contributed by atoms with Gasteiger partial charge in [-0.2, -0.15) is 0 Å². The fraction of sp³-hybridized carbons (Fsp3) is 0.333. The second-order valence-electron chi connectivity index (χ2n) is 6.28. The molecule has 1 saturated heterocycles. The average molecular weight is 337 g/mol. The van der Waals surface area contributed by atoms with Crippen LogP contribution in [0.4, 0.5) is 16.3 Å². The molecule has 0 radical (unpaired) electrons. The van der Waals surface area contributed by atoms with E-state index in [0.717, 1.165) is 37.8 Å². The number of carbonyl (C=O) groups is 2. The standard InChI is InChI=1S/C18H19N5O2/c1-21-14-11-19-16(13-7-3-2-4-8-13)20-17(14)23(15(21)12-24)18(25)22-9-5-6-10-22/h2-4,7-8,11-12,15H,5-6,9-10H2,1H3. The number of nitrogens with zero attached hydrogens (tertiary/aromatic N) is 5. The van der Waals surface area contributed by atoms with Gasteiger partial charge in [-0.25, -0.2) is 19.7 Å². The lowest BCUT2D eigenvalue weighted by Gasteiger charge is -2.28. The summed E-state index contributed by atoms with van der Waals surface area (Å²) in [6.07, 6.45) is 3.75. The predicted octanol–water partition coefficient (Wildman–Crippen LogP) is 2.14. The number of rotatable bonds is 2. The number of anilines is 2. The van der Waals surface area contributed by atoms with Gasteiger partial charge in [0.2, 0.25) is 0 Å². The summed E-state index contributed by atoms with van der Waals surface area (Å²) < 4.78 is 0. The summed E-state index contributed by atoms with van der Waals surface area (Å²) in [5.41, 5.74) is 1.56. The molecule has 1 aromatic carbocycles. The Bertz CT molecular complexity index is 804. The van der Waals surface area contributed by atoms with Crippen LogP contribution in [0.25, 0.3) is 11.4 Å². The van der Waals surface area contributed by atoms with Crippen molar-refractivity contribution >= 4 is 23.8 Å². The summed E-state index contributed by atoms with van der Waals surface area (Å²) in [4.78, 5) is 38.7. The topological polar surface area (TPSA) is 69.6 Å². The van der Waals surface area contributed by atoms with Gasteiger partial charge in [-0.15, -0.1) is 0 Å². The van der Waals surface area contributed by atoms with Crippen molar-refractivity contribution in [2.45, 2.75) is 19.0 Å². The molecule has 2 aromatic rings. The summed E-state index contributed by atoms with van der Waals surface area (Å²) in [6.45, 7) is 1.44. The van der Waals surface area contributed by atoms with E-state index in [0.29, 0.717) is 17.3 Å². The number of benzene rings is 1. The average Bonchev–Trinajstić information content (AvgIpc) is 3.28. The Kier molecular flexibility index (Phi) is 3.83. The van der Waals surface area contributed by atoms with Crippen molar-refractivity contribution in [3.05, 3.63) is 36.5 Å². The Morgan fingerprint density at radius 3 is 2.60 bits per heavy atom. The number of aromatic nitrogens is 2. The number of likely N-dealkylation sites (N-methyl/N-ethyl adjacent to an activating group) is 1. The lowest BCUT2D eigenvalue weighted by atomic mass is 10.2. The Morgan fingerprint density at radius 2 is 1.92 bits per heavy atom. The summed E-state index contributed by atoms with van der Waals surface area (Å²) >= 11 is 0. The highest BCUT2D eigenvalue weighted by Gasteiger charge is 2.41. The van der Waals surface area contributed by atoms with E-state index in [2.05, 4.69) is 9.97 Å². The molecule has 1 unspecified atom stereocenters. The number of urea groups is 1. The quantitative estimate of drug-likeness (QED) is 0.785. The molecule has 0 saturated carbocycles. The Morgan fingerprint density at radius 1 is 1.20 bits per heavy atom. The minimum absolute atomic E-state index is 0.169. The zero-order valence-corrected chi connectivity index (χ0v) is 14.0. The summed E-state index contributed by atoms with van der Waals surface area (Å²) in [6, 6.07) is 9.43. The Labute approximate surface area is 145 Å². The van der Waals surface area contributed by atoms with Gasteiger partial charge < -0.3 is 9.80 Å². The van der Waals surface area contributed by atoms with Crippen LogP contribution in [-0.4, -0.2) is 53.5 Å². The van der Waals surface area contributed by atoms with E-state index in [1.54, 1.807) is 23.0 Å². The van der Waals surface area contributed by atoms with Gasteiger partial charge in [-0.05, 0) is 12.8 Å². The smallest absolute Gasteiger partial charge is 0.327 e. The monoisotopic (exact) mass is 337 g/mol. The Balaban J connectivity index is 1.77. The van der Waals surface area contributed by atoms with Crippen LogP contribution < -0.4 is 9.80 Å². The molecule has 25 heavy (non-hydrogen) atoms. The molecule has 2 aliphatic heterocycles. The number of amides is 2. The van der Waals surface area contributed by atoms with Crippen molar-refractivity contribution < 1.29 is 9.59 Å². The minimum Gasteiger partial charge on any atom is -0.344 e. The van der Waals surface area contributed by atoms with E-state index in [-0.39, 0.29) is 6.03 Å². The number of aldehydes is 1. The first-order chi connectivity index (χ1) is 12.2. The van der Waals surface area contributed by atoms with Crippen LogP contribution in [0.3, 0.4) is 0 Å². The predicted molar refractivity (Wildman–Crippen MR) is 94.4 cm³/mol. The summed E-state index contributed by atoms with van der Waals surface area (Å²) in [5, 5.41) is 0. The van der Waals surface area contributed by atoms with Gasteiger partial charge in [0, 0.05) is 25.7 Å². The molecule has 4 rings (SSSR count). The lowest BCUT2D eigenvalue weighted by Crippen LogP contribution is -2.51. The number of likely N-dealkylation sites (tertiary alicyclic amines) is 1. The van der Waals surface area contributed by atoms with Gasteiger partial charge in [0.15, 0.2) is 24.1 Å². The SMILES string of the molecule is CN1c2cnc(-c3ccccc3)nc2N(C(=O)N2CCCC2)C1C=O. The maximum atomic E-state index is 13.0. The van der Waals surface area contributed by atoms with Crippen molar-refractivity contribution in [1.82, 2.24) is 14.9 Å². The van der Waals surface area contributed by atoms with E-state index < -0.39 is 6.17 Å². The van der Waals surface area contributed by atoms with Crippen LogP contribution in [0, 0.1) is 0 Å². The molecule has 7 heteroatoms. The largest absolute Gasteiger partial charge is 0.344 e. The van der Waals surface area contributed by atoms with Crippen molar-refractivity contribution in [2.24, 2.45) is 0 Å². The number of fused-ring (bicyclic) bond motifs is 1. The minimum atomic E-state index is -0.691. The first-order valence-corrected chi connectivity index (χ1v) is 8.39. The highest BCUT2D eigenvalue weighted by atomic mass is 16.2. The van der Waals surface area contributed by atoms with Crippen LogP contribution in [0.15, 0.2) is 36.5 Å². The lowest BCUT2D eigenvalue weighted by molar-refractivity contribution is -0.108. The molecule has 1 aromatic heterocycles. The molecule has 0 spiro atoms. The number of hydrogen-bond donors (Lipinski definition) is 0. The maximum Gasteiger partial charge on any atom is 0.327 e. The molecule has 0 aliphatic carbocycles. The number of hydrogen-bond acceptors (Lipinski definition) is 5. The third-order valence-electron chi connectivity index (χ3n) is 4.76. The summed E-state index contributed by atoms with van der Waals surface area (Å²) in [7, 11) is 1.78. The molecule has 1 fully saturated rings. The fourth-order valence-corrected chi connectivity index (χ4v) is 3.38. The van der Waals surface area contributed by atoms with Gasteiger partial charge in [0.25, 0.3) is 0 Å². The van der Waals surface area contributed by atoms with E-state index in [9.17, 15) is 9.59 Å². The Hall–Kier alpha value is -2.96. The second-order valence-corrected chi connectivity index (χ2v) is 6.28.